The third kappa shape index (κ3) is 3.62. The van der Waals surface area contributed by atoms with E-state index in [1.54, 1.807) is 0 Å². The van der Waals surface area contributed by atoms with Gasteiger partial charge in [0.15, 0.2) is 0 Å². The predicted octanol–water partition coefficient (Wildman–Crippen LogP) is 3.61. The molecule has 0 fully saturated rings. The van der Waals surface area contributed by atoms with Gasteiger partial charge in [0.1, 0.15) is 16.6 Å². The highest BCUT2D eigenvalue weighted by Gasteiger charge is 2.15. The first-order valence-electron chi connectivity index (χ1n) is 5.74. The highest BCUT2D eigenvalue weighted by atomic mass is 79.9. The lowest BCUT2D eigenvalue weighted by Crippen LogP contribution is -2.18. The number of rotatable bonds is 3. The number of carbonyl (C=O) groups is 1. The van der Waals surface area contributed by atoms with Gasteiger partial charge in [-0.05, 0) is 36.4 Å². The normalized spacial score (nSPS) is 10.2. The number of hydrogen-bond acceptors (Lipinski definition) is 2. The van der Waals surface area contributed by atoms with E-state index in [-0.39, 0.29) is 21.8 Å². The first kappa shape index (κ1) is 15.5. The maximum Gasteiger partial charge on any atom is 0.258 e. The van der Waals surface area contributed by atoms with Crippen molar-refractivity contribution < 1.29 is 13.6 Å². The molecule has 1 amide bonds. The summed E-state index contributed by atoms with van der Waals surface area (Å²) in [7, 11) is 0. The number of nitrogens with two attached hydrogens (primary N) is 1. The Bertz CT molecular complexity index is 737. The van der Waals surface area contributed by atoms with Crippen molar-refractivity contribution >= 4 is 44.7 Å². The summed E-state index contributed by atoms with van der Waals surface area (Å²) < 4.78 is 27.4. The highest BCUT2D eigenvalue weighted by Crippen LogP contribution is 2.20. The van der Waals surface area contributed by atoms with Crippen LogP contribution in [0.15, 0.2) is 40.9 Å². The Morgan fingerprint density at radius 1 is 1.14 bits per heavy atom. The highest BCUT2D eigenvalue weighted by molar-refractivity contribution is 9.10. The van der Waals surface area contributed by atoms with Crippen LogP contribution in [-0.4, -0.2) is 10.9 Å². The molecule has 0 aliphatic carbocycles. The first-order valence-corrected chi connectivity index (χ1v) is 6.94. The molecule has 2 aromatic rings. The Hall–Kier alpha value is -1.86. The SMILES string of the molecule is NC(=S)c1cc(F)ccc1NC(=O)c1ccc(Br)cc1F. The van der Waals surface area contributed by atoms with Gasteiger partial charge < -0.3 is 11.1 Å². The molecule has 2 aromatic carbocycles. The van der Waals surface area contributed by atoms with Gasteiger partial charge in [0.25, 0.3) is 5.91 Å². The summed E-state index contributed by atoms with van der Waals surface area (Å²) in [4.78, 5) is 12.0. The molecule has 0 bridgehead atoms. The van der Waals surface area contributed by atoms with Crippen LogP contribution >= 0.6 is 28.1 Å². The van der Waals surface area contributed by atoms with Crippen LogP contribution in [0.5, 0.6) is 0 Å². The number of benzene rings is 2. The Balaban J connectivity index is 2.34. The Morgan fingerprint density at radius 3 is 2.48 bits per heavy atom. The molecule has 0 radical (unpaired) electrons. The van der Waals surface area contributed by atoms with Gasteiger partial charge in [0, 0.05) is 10.0 Å². The van der Waals surface area contributed by atoms with E-state index in [2.05, 4.69) is 21.2 Å². The van der Waals surface area contributed by atoms with Crippen molar-refractivity contribution in [1.82, 2.24) is 0 Å². The second-order valence-corrected chi connectivity index (χ2v) is 5.49. The molecule has 0 unspecified atom stereocenters. The van der Waals surface area contributed by atoms with Crippen LogP contribution in [-0.2, 0) is 0 Å². The van der Waals surface area contributed by atoms with Gasteiger partial charge in [-0.3, -0.25) is 4.79 Å². The summed E-state index contributed by atoms with van der Waals surface area (Å²) >= 11 is 7.91. The van der Waals surface area contributed by atoms with Gasteiger partial charge in [0.2, 0.25) is 0 Å². The fourth-order valence-corrected chi connectivity index (χ4v) is 2.19. The summed E-state index contributed by atoms with van der Waals surface area (Å²) in [6, 6.07) is 7.62. The molecule has 0 saturated heterocycles. The van der Waals surface area contributed by atoms with Crippen LogP contribution in [0.4, 0.5) is 14.5 Å². The zero-order chi connectivity index (χ0) is 15.6. The molecule has 0 atom stereocenters. The molecule has 2 rings (SSSR count). The molecule has 0 aromatic heterocycles. The molecule has 7 heteroatoms. The summed E-state index contributed by atoms with van der Waals surface area (Å²) in [5.41, 5.74) is 5.73. The summed E-state index contributed by atoms with van der Waals surface area (Å²) in [5, 5.41) is 2.47. The third-order valence-corrected chi connectivity index (χ3v) is 3.38. The third-order valence-electron chi connectivity index (χ3n) is 2.67. The smallest absolute Gasteiger partial charge is 0.258 e. The van der Waals surface area contributed by atoms with Gasteiger partial charge >= 0.3 is 0 Å². The van der Waals surface area contributed by atoms with Gasteiger partial charge in [-0.25, -0.2) is 8.78 Å². The second kappa shape index (κ2) is 6.28. The minimum Gasteiger partial charge on any atom is -0.389 e. The van der Waals surface area contributed by atoms with Crippen LogP contribution in [0.3, 0.4) is 0 Å². The van der Waals surface area contributed by atoms with Crippen molar-refractivity contribution in [2.75, 3.05) is 5.32 Å². The Labute approximate surface area is 133 Å². The largest absolute Gasteiger partial charge is 0.389 e. The average Bonchev–Trinajstić information content (AvgIpc) is 2.40. The molecular formula is C14H9BrF2N2OS. The van der Waals surface area contributed by atoms with E-state index >= 15 is 0 Å². The van der Waals surface area contributed by atoms with Gasteiger partial charge in [0.05, 0.1) is 11.3 Å². The molecular weight excluding hydrogens is 362 g/mol. The van der Waals surface area contributed by atoms with Crippen molar-refractivity contribution in [1.29, 1.82) is 0 Å². The Morgan fingerprint density at radius 2 is 1.86 bits per heavy atom. The van der Waals surface area contributed by atoms with Crippen molar-refractivity contribution in [3.8, 4) is 0 Å². The second-order valence-electron chi connectivity index (χ2n) is 4.13. The van der Waals surface area contributed by atoms with E-state index in [0.717, 1.165) is 12.1 Å². The molecule has 0 heterocycles. The van der Waals surface area contributed by atoms with Crippen molar-refractivity contribution in [2.45, 2.75) is 0 Å². The van der Waals surface area contributed by atoms with Crippen LogP contribution in [0.25, 0.3) is 0 Å². The van der Waals surface area contributed by atoms with E-state index in [1.165, 1.54) is 24.3 Å². The van der Waals surface area contributed by atoms with Crippen LogP contribution < -0.4 is 11.1 Å². The standard InChI is InChI=1S/C14H9BrF2N2OS/c15-7-1-3-9(11(17)5-7)14(20)19-12-4-2-8(16)6-10(12)13(18)21/h1-6H,(H2,18,21)(H,19,20). The van der Waals surface area contributed by atoms with Crippen LogP contribution in [0, 0.1) is 11.6 Å². The lowest BCUT2D eigenvalue weighted by Gasteiger charge is -2.11. The topological polar surface area (TPSA) is 55.1 Å². The molecule has 3 nitrogen and oxygen atoms in total. The first-order chi connectivity index (χ1) is 9.88. The summed E-state index contributed by atoms with van der Waals surface area (Å²) in [5.74, 6) is -1.89. The minimum atomic E-state index is -0.680. The van der Waals surface area contributed by atoms with Crippen molar-refractivity contribution in [2.24, 2.45) is 5.73 Å². The molecule has 3 N–H and O–H groups in total. The maximum atomic E-state index is 13.7. The summed E-state index contributed by atoms with van der Waals surface area (Å²) in [6.45, 7) is 0. The lowest BCUT2D eigenvalue weighted by atomic mass is 10.1. The van der Waals surface area contributed by atoms with E-state index in [4.69, 9.17) is 18.0 Å². The zero-order valence-electron chi connectivity index (χ0n) is 10.5. The number of hydrogen-bond donors (Lipinski definition) is 2. The number of amides is 1. The quantitative estimate of drug-likeness (QED) is 0.811. The van der Waals surface area contributed by atoms with E-state index in [1.807, 2.05) is 0 Å². The molecule has 0 saturated carbocycles. The zero-order valence-corrected chi connectivity index (χ0v) is 12.9. The Kier molecular flexibility index (Phi) is 4.64. The molecule has 108 valence electrons. The maximum absolute atomic E-state index is 13.7. The molecule has 0 aliphatic rings. The predicted molar refractivity (Wildman–Crippen MR) is 84.3 cm³/mol. The number of carbonyl (C=O) groups excluding carboxylic acids is 1. The van der Waals surface area contributed by atoms with E-state index in [0.29, 0.717) is 4.47 Å². The van der Waals surface area contributed by atoms with E-state index in [9.17, 15) is 13.6 Å². The number of anilines is 1. The average molecular weight is 371 g/mol. The monoisotopic (exact) mass is 370 g/mol. The van der Waals surface area contributed by atoms with Crippen LogP contribution in [0.2, 0.25) is 0 Å². The molecule has 0 aliphatic heterocycles. The fourth-order valence-electron chi connectivity index (χ4n) is 1.69. The van der Waals surface area contributed by atoms with Crippen molar-refractivity contribution in [3.05, 3.63) is 63.6 Å². The number of thiocarbonyl (C=S) groups is 1. The van der Waals surface area contributed by atoms with Gasteiger partial charge in [-0.15, -0.1) is 0 Å². The number of halogens is 3. The number of nitrogens with one attached hydrogen (secondary N) is 1. The van der Waals surface area contributed by atoms with Crippen LogP contribution in [0.1, 0.15) is 15.9 Å². The van der Waals surface area contributed by atoms with E-state index < -0.39 is 17.5 Å². The molecule has 0 spiro atoms. The lowest BCUT2D eigenvalue weighted by molar-refractivity contribution is 0.102. The minimum absolute atomic E-state index is 0.0684. The van der Waals surface area contributed by atoms with Gasteiger partial charge in [-0.1, -0.05) is 28.1 Å². The molecule has 21 heavy (non-hydrogen) atoms. The van der Waals surface area contributed by atoms with Crippen molar-refractivity contribution in [3.63, 3.8) is 0 Å². The summed E-state index contributed by atoms with van der Waals surface area (Å²) in [6.07, 6.45) is 0. The van der Waals surface area contributed by atoms with Gasteiger partial charge in [-0.2, -0.15) is 0 Å². The fraction of sp³-hybridized carbons (Fsp3) is 0.